The van der Waals surface area contributed by atoms with Crippen molar-refractivity contribution in [1.29, 1.82) is 0 Å². The minimum Gasteiger partial charge on any atom is -0.376 e. The van der Waals surface area contributed by atoms with Crippen molar-refractivity contribution in [2.24, 2.45) is 7.05 Å². The van der Waals surface area contributed by atoms with Gasteiger partial charge >= 0.3 is 0 Å². The number of hydrogen-bond acceptors (Lipinski definition) is 4. The Labute approximate surface area is 70.3 Å². The number of aromatic nitrogens is 3. The van der Waals surface area contributed by atoms with E-state index in [9.17, 15) is 0 Å². The number of nitrogens with zero attached hydrogens (tertiary/aromatic N) is 3. The average Bonchev–Trinajstić information content (AvgIpc) is 2.53. The SMILES string of the molecule is Cn1cnnc1C1COCCO1. The molecule has 5 nitrogen and oxygen atoms in total. The van der Waals surface area contributed by atoms with E-state index >= 15 is 0 Å². The van der Waals surface area contributed by atoms with Crippen molar-refractivity contribution in [3.63, 3.8) is 0 Å². The lowest BCUT2D eigenvalue weighted by Crippen LogP contribution is -2.24. The molecule has 12 heavy (non-hydrogen) atoms. The van der Waals surface area contributed by atoms with Gasteiger partial charge in [-0.15, -0.1) is 10.2 Å². The normalized spacial score (nSPS) is 24.2. The quantitative estimate of drug-likeness (QED) is 0.589. The monoisotopic (exact) mass is 169 g/mol. The Kier molecular flexibility index (Phi) is 2.05. The van der Waals surface area contributed by atoms with Crippen LogP contribution in [-0.4, -0.2) is 34.6 Å². The van der Waals surface area contributed by atoms with Gasteiger partial charge in [-0.1, -0.05) is 0 Å². The second-order valence-corrected chi connectivity index (χ2v) is 2.73. The van der Waals surface area contributed by atoms with Crippen molar-refractivity contribution in [2.75, 3.05) is 19.8 Å². The first kappa shape index (κ1) is 7.70. The zero-order chi connectivity index (χ0) is 8.39. The molecule has 0 radical (unpaired) electrons. The minimum absolute atomic E-state index is 0.0498. The van der Waals surface area contributed by atoms with E-state index in [1.165, 1.54) is 0 Å². The largest absolute Gasteiger partial charge is 0.376 e. The molecule has 5 heteroatoms. The molecule has 0 spiro atoms. The number of rotatable bonds is 1. The van der Waals surface area contributed by atoms with Crippen LogP contribution < -0.4 is 0 Å². The van der Waals surface area contributed by atoms with Gasteiger partial charge in [-0.25, -0.2) is 0 Å². The van der Waals surface area contributed by atoms with Crippen molar-refractivity contribution >= 4 is 0 Å². The number of ether oxygens (including phenoxy) is 2. The summed E-state index contributed by atoms with van der Waals surface area (Å²) >= 11 is 0. The average molecular weight is 169 g/mol. The van der Waals surface area contributed by atoms with Crippen molar-refractivity contribution in [1.82, 2.24) is 14.8 Å². The van der Waals surface area contributed by atoms with Crippen LogP contribution in [0.15, 0.2) is 6.33 Å². The molecule has 66 valence electrons. The van der Waals surface area contributed by atoms with E-state index in [0.29, 0.717) is 19.8 Å². The van der Waals surface area contributed by atoms with Gasteiger partial charge in [-0.2, -0.15) is 0 Å². The van der Waals surface area contributed by atoms with Gasteiger partial charge in [0, 0.05) is 7.05 Å². The molecule has 0 N–H and O–H groups in total. The Morgan fingerprint density at radius 1 is 1.58 bits per heavy atom. The zero-order valence-electron chi connectivity index (χ0n) is 6.93. The molecule has 2 heterocycles. The molecule has 0 bridgehead atoms. The smallest absolute Gasteiger partial charge is 0.164 e. The first-order chi connectivity index (χ1) is 5.88. The zero-order valence-corrected chi connectivity index (χ0v) is 6.93. The van der Waals surface area contributed by atoms with Crippen LogP contribution in [0.4, 0.5) is 0 Å². The van der Waals surface area contributed by atoms with Crippen LogP contribution in [0.5, 0.6) is 0 Å². The maximum Gasteiger partial charge on any atom is 0.164 e. The Morgan fingerprint density at radius 2 is 2.50 bits per heavy atom. The standard InChI is InChI=1S/C7H11N3O2/c1-10-5-8-9-7(10)6-4-11-2-3-12-6/h5-6H,2-4H2,1H3. The highest BCUT2D eigenvalue weighted by Gasteiger charge is 2.20. The molecule has 1 saturated heterocycles. The summed E-state index contributed by atoms with van der Waals surface area (Å²) in [7, 11) is 1.90. The summed E-state index contributed by atoms with van der Waals surface area (Å²) < 4.78 is 12.6. The van der Waals surface area contributed by atoms with Crippen molar-refractivity contribution in [2.45, 2.75) is 6.10 Å². The lowest BCUT2D eigenvalue weighted by atomic mass is 10.3. The Balaban J connectivity index is 2.13. The molecule has 1 aliphatic rings. The van der Waals surface area contributed by atoms with Gasteiger partial charge < -0.3 is 14.0 Å². The van der Waals surface area contributed by atoms with Gasteiger partial charge in [0.05, 0.1) is 19.8 Å². The van der Waals surface area contributed by atoms with Crippen molar-refractivity contribution in [3.05, 3.63) is 12.2 Å². The highest BCUT2D eigenvalue weighted by molar-refractivity contribution is 4.91. The van der Waals surface area contributed by atoms with Gasteiger partial charge in [0.2, 0.25) is 0 Å². The van der Waals surface area contributed by atoms with Gasteiger partial charge in [0.25, 0.3) is 0 Å². The molecular formula is C7H11N3O2. The van der Waals surface area contributed by atoms with E-state index in [4.69, 9.17) is 9.47 Å². The summed E-state index contributed by atoms with van der Waals surface area (Å²) in [5, 5.41) is 7.72. The van der Waals surface area contributed by atoms with Crippen molar-refractivity contribution < 1.29 is 9.47 Å². The molecule has 1 aromatic rings. The molecule has 0 saturated carbocycles. The lowest BCUT2D eigenvalue weighted by Gasteiger charge is -2.21. The fourth-order valence-corrected chi connectivity index (χ4v) is 1.22. The predicted octanol–water partition coefficient (Wildman–Crippen LogP) is -0.0970. The van der Waals surface area contributed by atoms with Crippen molar-refractivity contribution in [3.8, 4) is 0 Å². The Bertz CT molecular complexity index is 255. The fourth-order valence-electron chi connectivity index (χ4n) is 1.22. The highest BCUT2D eigenvalue weighted by Crippen LogP contribution is 2.16. The lowest BCUT2D eigenvalue weighted by molar-refractivity contribution is -0.0945. The molecule has 0 aliphatic carbocycles. The molecule has 1 atom stereocenters. The minimum atomic E-state index is -0.0498. The summed E-state index contributed by atoms with van der Waals surface area (Å²) in [6.45, 7) is 1.89. The second kappa shape index (κ2) is 3.20. The van der Waals surface area contributed by atoms with Crippen LogP contribution in [0.2, 0.25) is 0 Å². The molecule has 1 aromatic heterocycles. The maximum absolute atomic E-state index is 5.45. The molecule has 0 aromatic carbocycles. The second-order valence-electron chi connectivity index (χ2n) is 2.73. The molecule has 0 amide bonds. The summed E-state index contributed by atoms with van der Waals surface area (Å²) in [5.74, 6) is 0.828. The maximum atomic E-state index is 5.45. The Hall–Kier alpha value is -0.940. The third-order valence-electron chi connectivity index (χ3n) is 1.85. The van der Waals surface area contributed by atoms with Crippen LogP contribution in [0.1, 0.15) is 11.9 Å². The number of aryl methyl sites for hydroxylation is 1. The highest BCUT2D eigenvalue weighted by atomic mass is 16.6. The predicted molar refractivity (Wildman–Crippen MR) is 40.5 cm³/mol. The van der Waals surface area contributed by atoms with E-state index in [-0.39, 0.29) is 6.10 Å². The van der Waals surface area contributed by atoms with Gasteiger partial charge in [0.15, 0.2) is 5.82 Å². The van der Waals surface area contributed by atoms with E-state index < -0.39 is 0 Å². The third-order valence-corrected chi connectivity index (χ3v) is 1.85. The molecule has 1 fully saturated rings. The van der Waals surface area contributed by atoms with E-state index in [2.05, 4.69) is 10.2 Å². The molecule has 2 rings (SSSR count). The van der Waals surface area contributed by atoms with Crippen LogP contribution in [0.3, 0.4) is 0 Å². The van der Waals surface area contributed by atoms with Crippen LogP contribution >= 0.6 is 0 Å². The summed E-state index contributed by atoms with van der Waals surface area (Å²) in [6.07, 6.45) is 1.61. The van der Waals surface area contributed by atoms with Gasteiger partial charge in [-0.05, 0) is 0 Å². The molecule has 1 unspecified atom stereocenters. The third kappa shape index (κ3) is 1.33. The molecule has 1 aliphatic heterocycles. The van der Waals surface area contributed by atoms with Crippen LogP contribution in [0.25, 0.3) is 0 Å². The van der Waals surface area contributed by atoms with Gasteiger partial charge in [-0.3, -0.25) is 0 Å². The van der Waals surface area contributed by atoms with Crippen LogP contribution in [-0.2, 0) is 16.5 Å². The summed E-state index contributed by atoms with van der Waals surface area (Å²) in [5.41, 5.74) is 0. The van der Waals surface area contributed by atoms with E-state index in [1.54, 1.807) is 6.33 Å². The Morgan fingerprint density at radius 3 is 3.08 bits per heavy atom. The van der Waals surface area contributed by atoms with E-state index in [1.807, 2.05) is 11.6 Å². The van der Waals surface area contributed by atoms with Crippen LogP contribution in [0, 0.1) is 0 Å². The van der Waals surface area contributed by atoms with Gasteiger partial charge in [0.1, 0.15) is 12.4 Å². The first-order valence-electron chi connectivity index (χ1n) is 3.91. The first-order valence-corrected chi connectivity index (χ1v) is 3.91. The number of hydrogen-bond donors (Lipinski definition) is 0. The fraction of sp³-hybridized carbons (Fsp3) is 0.714. The van der Waals surface area contributed by atoms with E-state index in [0.717, 1.165) is 5.82 Å². The molecular weight excluding hydrogens is 158 g/mol. The summed E-state index contributed by atoms with van der Waals surface area (Å²) in [6, 6.07) is 0. The summed E-state index contributed by atoms with van der Waals surface area (Å²) in [4.78, 5) is 0. The topological polar surface area (TPSA) is 49.2 Å².